The van der Waals surface area contributed by atoms with Gasteiger partial charge < -0.3 is 9.90 Å². The molecule has 0 aliphatic rings. The van der Waals surface area contributed by atoms with E-state index in [-0.39, 0.29) is 16.4 Å². The number of carboxylic acids is 1. The van der Waals surface area contributed by atoms with Gasteiger partial charge in [-0.3, -0.25) is 0 Å². The van der Waals surface area contributed by atoms with Gasteiger partial charge in [-0.05, 0) is 33.1 Å². The molecule has 0 fully saturated rings. The van der Waals surface area contributed by atoms with Crippen LogP contribution < -0.4 is 5.11 Å². The first-order chi connectivity index (χ1) is 10.5. The molecule has 0 amide bonds. The third kappa shape index (κ3) is 3.64. The van der Waals surface area contributed by atoms with E-state index < -0.39 is 5.97 Å². The number of hydrogen-bond acceptors (Lipinski definition) is 2. The van der Waals surface area contributed by atoms with E-state index >= 15 is 0 Å². The molecule has 2 rings (SSSR count). The van der Waals surface area contributed by atoms with E-state index in [1.165, 1.54) is 5.56 Å². The highest BCUT2D eigenvalue weighted by molar-refractivity contribution is 5.95. The maximum atomic E-state index is 11.5. The number of benzene rings is 2. The fourth-order valence-electron chi connectivity index (χ4n) is 2.76. The number of carbonyl (C=O) groups is 1. The van der Waals surface area contributed by atoms with Gasteiger partial charge in [0.15, 0.2) is 0 Å². The maximum Gasteiger partial charge on any atom is 0.0721 e. The average Bonchev–Trinajstić information content (AvgIpc) is 2.44. The molecule has 0 spiro atoms. The Morgan fingerprint density at radius 3 is 1.96 bits per heavy atom. The fourth-order valence-corrected chi connectivity index (χ4v) is 2.76. The lowest BCUT2D eigenvalue weighted by atomic mass is 9.77. The SMILES string of the molecule is CC(C)(C)c1ccc(-c2ccccc2C(=O)[O-])c(C(C)(C)C)c1. The van der Waals surface area contributed by atoms with Gasteiger partial charge in [0.2, 0.25) is 0 Å². The predicted molar refractivity (Wildman–Crippen MR) is 93.6 cm³/mol. The van der Waals surface area contributed by atoms with Crippen molar-refractivity contribution in [3.8, 4) is 11.1 Å². The third-order valence-corrected chi connectivity index (χ3v) is 4.13. The lowest BCUT2D eigenvalue weighted by Gasteiger charge is -2.28. The first kappa shape index (κ1) is 17.3. The fraction of sp³-hybridized carbons (Fsp3) is 0.381. The minimum atomic E-state index is -1.14. The Labute approximate surface area is 139 Å². The number of hydrogen-bond donors (Lipinski definition) is 0. The van der Waals surface area contributed by atoms with E-state index in [0.717, 1.165) is 16.7 Å². The van der Waals surface area contributed by atoms with Crippen molar-refractivity contribution in [2.24, 2.45) is 0 Å². The van der Waals surface area contributed by atoms with E-state index in [0.29, 0.717) is 0 Å². The first-order valence-corrected chi connectivity index (χ1v) is 7.97. The summed E-state index contributed by atoms with van der Waals surface area (Å²) in [7, 11) is 0. The van der Waals surface area contributed by atoms with E-state index in [9.17, 15) is 9.90 Å². The molecule has 0 saturated carbocycles. The van der Waals surface area contributed by atoms with Crippen LogP contribution in [0, 0.1) is 0 Å². The zero-order chi connectivity index (χ0) is 17.4. The molecule has 0 saturated heterocycles. The van der Waals surface area contributed by atoms with Gasteiger partial charge >= 0.3 is 0 Å². The number of carbonyl (C=O) groups excluding carboxylic acids is 1. The quantitative estimate of drug-likeness (QED) is 0.829. The van der Waals surface area contributed by atoms with Crippen molar-refractivity contribution in [3.63, 3.8) is 0 Å². The van der Waals surface area contributed by atoms with Gasteiger partial charge in [0, 0.05) is 5.56 Å². The highest BCUT2D eigenvalue weighted by Gasteiger charge is 2.23. The van der Waals surface area contributed by atoms with Crippen LogP contribution in [0.15, 0.2) is 42.5 Å². The van der Waals surface area contributed by atoms with Crippen LogP contribution in [-0.4, -0.2) is 5.97 Å². The monoisotopic (exact) mass is 309 g/mol. The Kier molecular flexibility index (Phi) is 4.39. The zero-order valence-electron chi connectivity index (χ0n) is 14.9. The average molecular weight is 309 g/mol. The minimum Gasteiger partial charge on any atom is -0.545 e. The Bertz CT molecular complexity index is 728. The number of aromatic carboxylic acids is 1. The summed E-state index contributed by atoms with van der Waals surface area (Å²) in [6, 6.07) is 13.4. The number of carboxylic acid groups (broad SMARTS) is 1. The number of rotatable bonds is 2. The molecule has 0 N–H and O–H groups in total. The summed E-state index contributed by atoms with van der Waals surface area (Å²) < 4.78 is 0. The van der Waals surface area contributed by atoms with E-state index in [1.54, 1.807) is 12.1 Å². The molecule has 122 valence electrons. The normalized spacial score (nSPS) is 12.3. The highest BCUT2D eigenvalue weighted by Crippen LogP contribution is 2.37. The predicted octanol–water partition coefficient (Wildman–Crippen LogP) is 4.31. The van der Waals surface area contributed by atoms with Gasteiger partial charge in [0.05, 0.1) is 5.97 Å². The van der Waals surface area contributed by atoms with Crippen LogP contribution in [0.4, 0.5) is 0 Å². The third-order valence-electron chi connectivity index (χ3n) is 4.13. The van der Waals surface area contributed by atoms with Crippen molar-refractivity contribution in [3.05, 3.63) is 59.2 Å². The van der Waals surface area contributed by atoms with Crippen molar-refractivity contribution in [1.82, 2.24) is 0 Å². The zero-order valence-corrected chi connectivity index (χ0v) is 14.9. The van der Waals surface area contributed by atoms with Crippen molar-refractivity contribution >= 4 is 5.97 Å². The molecule has 2 aromatic carbocycles. The van der Waals surface area contributed by atoms with Crippen molar-refractivity contribution in [2.75, 3.05) is 0 Å². The minimum absolute atomic E-state index is 0.0480. The van der Waals surface area contributed by atoms with Crippen molar-refractivity contribution in [2.45, 2.75) is 52.4 Å². The lowest BCUT2D eigenvalue weighted by Crippen LogP contribution is -2.23. The molecule has 23 heavy (non-hydrogen) atoms. The van der Waals surface area contributed by atoms with Crippen LogP contribution in [0.2, 0.25) is 0 Å². The molecule has 0 aromatic heterocycles. The molecular weight excluding hydrogens is 284 g/mol. The molecule has 0 unspecified atom stereocenters. The van der Waals surface area contributed by atoms with Gasteiger partial charge in [-0.2, -0.15) is 0 Å². The van der Waals surface area contributed by atoms with Crippen LogP contribution >= 0.6 is 0 Å². The molecule has 0 heterocycles. The highest BCUT2D eigenvalue weighted by atomic mass is 16.4. The molecule has 2 aromatic rings. The maximum absolute atomic E-state index is 11.5. The topological polar surface area (TPSA) is 40.1 Å². The standard InChI is InChI=1S/C21H26O2/c1-20(2,3)14-11-12-16(18(13-14)21(4,5)6)15-9-7-8-10-17(15)19(22)23/h7-13H,1-6H3,(H,22,23)/p-1. The van der Waals surface area contributed by atoms with Crippen molar-refractivity contribution in [1.29, 1.82) is 0 Å². The van der Waals surface area contributed by atoms with Gasteiger partial charge in [0.1, 0.15) is 0 Å². The second kappa shape index (κ2) is 5.84. The van der Waals surface area contributed by atoms with Crippen LogP contribution in [0.25, 0.3) is 11.1 Å². The van der Waals surface area contributed by atoms with Gasteiger partial charge in [-0.25, -0.2) is 0 Å². The Balaban J connectivity index is 2.76. The summed E-state index contributed by atoms with van der Waals surface area (Å²) in [5.74, 6) is -1.14. The van der Waals surface area contributed by atoms with E-state index in [1.807, 2.05) is 18.2 Å². The molecule has 0 aliphatic heterocycles. The molecule has 0 radical (unpaired) electrons. The molecule has 0 aliphatic carbocycles. The summed E-state index contributed by atoms with van der Waals surface area (Å²) in [6.07, 6.45) is 0. The largest absolute Gasteiger partial charge is 0.545 e. The summed E-state index contributed by atoms with van der Waals surface area (Å²) in [5, 5.41) is 11.5. The lowest BCUT2D eigenvalue weighted by molar-refractivity contribution is -0.254. The second-order valence-electron chi connectivity index (χ2n) is 8.09. The summed E-state index contributed by atoms with van der Waals surface area (Å²) >= 11 is 0. The van der Waals surface area contributed by atoms with Crippen LogP contribution in [0.3, 0.4) is 0 Å². The Morgan fingerprint density at radius 1 is 0.826 bits per heavy atom. The molecule has 0 bridgehead atoms. The summed E-state index contributed by atoms with van der Waals surface area (Å²) in [6.45, 7) is 13.0. The summed E-state index contributed by atoms with van der Waals surface area (Å²) in [5.41, 5.74) is 4.28. The molecular formula is C21H25O2-. The first-order valence-electron chi connectivity index (χ1n) is 7.97. The van der Waals surface area contributed by atoms with Crippen LogP contribution in [0.5, 0.6) is 0 Å². The van der Waals surface area contributed by atoms with Crippen LogP contribution in [0.1, 0.15) is 63.0 Å². The van der Waals surface area contributed by atoms with Gasteiger partial charge in [0.25, 0.3) is 0 Å². The molecule has 0 atom stereocenters. The smallest absolute Gasteiger partial charge is 0.0721 e. The van der Waals surface area contributed by atoms with E-state index in [4.69, 9.17) is 0 Å². The Morgan fingerprint density at radius 2 is 1.43 bits per heavy atom. The van der Waals surface area contributed by atoms with Crippen LogP contribution in [-0.2, 0) is 10.8 Å². The second-order valence-corrected chi connectivity index (χ2v) is 8.09. The Hall–Kier alpha value is -2.09. The van der Waals surface area contributed by atoms with Crippen molar-refractivity contribution < 1.29 is 9.90 Å². The molecule has 2 nitrogen and oxygen atoms in total. The van der Waals surface area contributed by atoms with Gasteiger partial charge in [-0.15, -0.1) is 0 Å². The molecule has 2 heteroatoms. The van der Waals surface area contributed by atoms with E-state index in [2.05, 4.69) is 53.7 Å². The summed E-state index contributed by atoms with van der Waals surface area (Å²) in [4.78, 5) is 11.5. The van der Waals surface area contributed by atoms with Gasteiger partial charge in [-0.1, -0.05) is 84.0 Å².